The topological polar surface area (TPSA) is 44.5 Å². The van der Waals surface area contributed by atoms with Crippen molar-refractivity contribution in [1.82, 2.24) is 0 Å². The number of nitrogens with two attached hydrogens (primary N) is 1. The molecule has 1 aliphatic heterocycles. The molecule has 0 amide bonds. The molecule has 0 saturated carbocycles. The van der Waals surface area contributed by atoms with E-state index in [1.165, 1.54) is 48.5 Å². The Balaban J connectivity index is 0.000000229. The van der Waals surface area contributed by atoms with Crippen molar-refractivity contribution in [2.24, 2.45) is 5.73 Å². The quantitative estimate of drug-likeness (QED) is 0.321. The minimum Gasteiger partial charge on any atom is -0.406 e. The molecule has 2 unspecified atom stereocenters. The number of hydrogen-bond acceptors (Lipinski definition) is 4. The van der Waals surface area contributed by atoms with Gasteiger partial charge in [-0.25, -0.2) is 8.78 Å². The molecule has 34 heavy (non-hydrogen) atoms. The molecular weight excluding hydrogens is 473 g/mol. The van der Waals surface area contributed by atoms with Crippen molar-refractivity contribution in [3.63, 3.8) is 0 Å². The first-order chi connectivity index (χ1) is 16.1. The fourth-order valence-electron chi connectivity index (χ4n) is 3.70. The molecule has 2 atom stereocenters. The number of benzene rings is 3. The molecule has 2 N–H and O–H groups in total. The Morgan fingerprint density at radius 1 is 0.853 bits per heavy atom. The van der Waals surface area contributed by atoms with Crippen LogP contribution >= 0.6 is 12.6 Å². The molecule has 0 radical (unpaired) electrons. The molecule has 3 aromatic carbocycles. The highest BCUT2D eigenvalue weighted by atomic mass is 32.1. The van der Waals surface area contributed by atoms with Gasteiger partial charge in [-0.2, -0.15) is 0 Å². The number of halogens is 5. The summed E-state index contributed by atoms with van der Waals surface area (Å²) >= 11 is 3.91. The molecule has 9 heteroatoms. The third-order valence-corrected chi connectivity index (χ3v) is 5.55. The van der Waals surface area contributed by atoms with Crippen LogP contribution in [0.1, 0.15) is 29.9 Å². The van der Waals surface area contributed by atoms with Gasteiger partial charge in [0.1, 0.15) is 17.4 Å². The monoisotopic (exact) mass is 497 g/mol. The van der Waals surface area contributed by atoms with Crippen LogP contribution in [0.15, 0.2) is 77.7 Å². The lowest BCUT2D eigenvalue weighted by atomic mass is 9.82. The highest BCUT2D eigenvalue weighted by Gasteiger charge is 2.31. The van der Waals surface area contributed by atoms with Crippen molar-refractivity contribution in [2.45, 2.75) is 42.2 Å². The van der Waals surface area contributed by atoms with Crippen molar-refractivity contribution in [3.05, 3.63) is 95.6 Å². The molecular formula is C25H24F5NO2S. The summed E-state index contributed by atoms with van der Waals surface area (Å²) in [6.07, 6.45) is -3.13. The Hall–Kier alpha value is -2.62. The average Bonchev–Trinajstić information content (AvgIpc) is 2.78. The Bertz CT molecular complexity index is 982. The summed E-state index contributed by atoms with van der Waals surface area (Å²) in [6, 6.07) is 18.1. The van der Waals surface area contributed by atoms with E-state index < -0.39 is 6.36 Å². The number of rotatable bonds is 4. The van der Waals surface area contributed by atoms with Gasteiger partial charge in [-0.3, -0.25) is 0 Å². The first-order valence-electron chi connectivity index (χ1n) is 10.5. The summed E-state index contributed by atoms with van der Waals surface area (Å²) in [7, 11) is 0. The first kappa shape index (κ1) is 26.0. The molecule has 1 heterocycles. The Kier molecular flexibility index (Phi) is 8.93. The fraction of sp³-hybridized carbons (Fsp3) is 0.280. The lowest BCUT2D eigenvalue weighted by molar-refractivity contribution is -0.274. The van der Waals surface area contributed by atoms with Crippen molar-refractivity contribution >= 4 is 12.6 Å². The van der Waals surface area contributed by atoms with Gasteiger partial charge in [0, 0.05) is 23.5 Å². The van der Waals surface area contributed by atoms with Gasteiger partial charge in [-0.05, 0) is 72.5 Å². The molecule has 0 spiro atoms. The summed E-state index contributed by atoms with van der Waals surface area (Å²) in [5, 5.41) is 0. The zero-order chi connectivity index (χ0) is 24.7. The highest BCUT2D eigenvalue weighted by molar-refractivity contribution is 7.80. The van der Waals surface area contributed by atoms with E-state index in [1.807, 2.05) is 0 Å². The summed E-state index contributed by atoms with van der Waals surface area (Å²) in [5.41, 5.74) is 7.97. The molecule has 1 saturated heterocycles. The van der Waals surface area contributed by atoms with E-state index >= 15 is 0 Å². The van der Waals surface area contributed by atoms with E-state index in [4.69, 9.17) is 10.5 Å². The van der Waals surface area contributed by atoms with Gasteiger partial charge < -0.3 is 15.2 Å². The maximum Gasteiger partial charge on any atom is 0.573 e. The largest absolute Gasteiger partial charge is 0.573 e. The van der Waals surface area contributed by atoms with E-state index in [2.05, 4.69) is 17.4 Å². The SMILES string of the molecule is FC(F)(F)Oc1ccc(S)cc1.NC1CCOC(C(c2ccc(F)cc2)c2ccc(F)cc2)C1. The second-order valence-corrected chi connectivity index (χ2v) is 8.33. The van der Waals surface area contributed by atoms with Gasteiger partial charge in [0.05, 0.1) is 6.10 Å². The van der Waals surface area contributed by atoms with Gasteiger partial charge >= 0.3 is 6.36 Å². The van der Waals surface area contributed by atoms with Crippen molar-refractivity contribution in [2.75, 3.05) is 6.61 Å². The van der Waals surface area contributed by atoms with Crippen molar-refractivity contribution in [1.29, 1.82) is 0 Å². The standard InChI is InChI=1S/C18H19F2NO.C7H5F3OS/c19-14-5-1-12(2-6-14)18(13-3-7-15(20)8-4-13)17-11-16(21)9-10-22-17;8-7(9,10)11-5-1-3-6(12)4-2-5/h1-8,16-18H,9-11,21H2;1-4,12H. The van der Waals surface area contributed by atoms with E-state index in [0.29, 0.717) is 11.5 Å². The van der Waals surface area contributed by atoms with Crippen molar-refractivity contribution in [3.8, 4) is 5.75 Å². The van der Waals surface area contributed by atoms with E-state index in [9.17, 15) is 22.0 Å². The summed E-state index contributed by atoms with van der Waals surface area (Å²) < 4.78 is 70.8. The lowest BCUT2D eigenvalue weighted by Crippen LogP contribution is -2.38. The van der Waals surface area contributed by atoms with Crippen LogP contribution < -0.4 is 10.5 Å². The molecule has 3 aromatic rings. The van der Waals surface area contributed by atoms with Crippen LogP contribution in [0.3, 0.4) is 0 Å². The Morgan fingerprint density at radius 2 is 1.35 bits per heavy atom. The Labute approximate surface area is 200 Å². The zero-order valence-corrected chi connectivity index (χ0v) is 18.9. The Morgan fingerprint density at radius 3 is 1.79 bits per heavy atom. The number of hydrogen-bond donors (Lipinski definition) is 2. The maximum atomic E-state index is 13.2. The molecule has 1 fully saturated rings. The predicted molar refractivity (Wildman–Crippen MR) is 122 cm³/mol. The first-order valence-corrected chi connectivity index (χ1v) is 11.0. The third kappa shape index (κ3) is 8.00. The van der Waals surface area contributed by atoms with Crippen LogP contribution in [0, 0.1) is 11.6 Å². The van der Waals surface area contributed by atoms with Crippen LogP contribution in [-0.2, 0) is 4.74 Å². The minimum atomic E-state index is -4.63. The smallest absolute Gasteiger partial charge is 0.406 e. The normalized spacial score (nSPS) is 18.2. The molecule has 0 bridgehead atoms. The maximum absolute atomic E-state index is 13.2. The predicted octanol–water partition coefficient (Wildman–Crippen LogP) is 6.48. The van der Waals surface area contributed by atoms with E-state index in [-0.39, 0.29) is 35.4 Å². The average molecular weight is 498 g/mol. The number of alkyl halides is 3. The summed E-state index contributed by atoms with van der Waals surface area (Å²) in [4.78, 5) is 0.588. The van der Waals surface area contributed by atoms with Gasteiger partial charge in [-0.15, -0.1) is 25.8 Å². The second kappa shape index (κ2) is 11.7. The van der Waals surface area contributed by atoms with E-state index in [0.717, 1.165) is 24.0 Å². The van der Waals surface area contributed by atoms with Crippen molar-refractivity contribution < 1.29 is 31.4 Å². The van der Waals surface area contributed by atoms with E-state index in [1.54, 1.807) is 24.3 Å². The van der Waals surface area contributed by atoms with Gasteiger partial charge in [0.25, 0.3) is 0 Å². The van der Waals surface area contributed by atoms with Crippen LogP contribution in [0.25, 0.3) is 0 Å². The number of ether oxygens (including phenoxy) is 2. The summed E-state index contributed by atoms with van der Waals surface area (Å²) in [5.74, 6) is -0.862. The van der Waals surface area contributed by atoms with Gasteiger partial charge in [0.15, 0.2) is 0 Å². The molecule has 3 nitrogen and oxygen atoms in total. The molecule has 4 rings (SSSR count). The highest BCUT2D eigenvalue weighted by Crippen LogP contribution is 2.34. The molecule has 0 aliphatic carbocycles. The molecule has 0 aromatic heterocycles. The number of thiol groups is 1. The lowest BCUT2D eigenvalue weighted by Gasteiger charge is -2.34. The van der Waals surface area contributed by atoms with Crippen LogP contribution in [0.5, 0.6) is 5.75 Å². The fourth-order valence-corrected chi connectivity index (χ4v) is 3.85. The van der Waals surface area contributed by atoms with Crippen LogP contribution in [-0.4, -0.2) is 25.1 Å². The molecule has 182 valence electrons. The zero-order valence-electron chi connectivity index (χ0n) is 18.0. The minimum absolute atomic E-state index is 0.0763. The second-order valence-electron chi connectivity index (χ2n) is 7.82. The van der Waals surface area contributed by atoms with Crippen LogP contribution in [0.4, 0.5) is 22.0 Å². The van der Waals surface area contributed by atoms with Crippen LogP contribution in [0.2, 0.25) is 0 Å². The summed E-state index contributed by atoms with van der Waals surface area (Å²) in [6.45, 7) is 0.616. The third-order valence-electron chi connectivity index (χ3n) is 5.26. The van der Waals surface area contributed by atoms with Gasteiger partial charge in [0.2, 0.25) is 0 Å². The van der Waals surface area contributed by atoms with Gasteiger partial charge in [-0.1, -0.05) is 24.3 Å². The molecule has 1 aliphatic rings.